The fourth-order valence-corrected chi connectivity index (χ4v) is 5.05. The molecule has 2 aromatic rings. The Kier molecular flexibility index (Phi) is 7.17. The van der Waals surface area contributed by atoms with E-state index in [2.05, 4.69) is 4.90 Å². The molecule has 1 unspecified atom stereocenters. The summed E-state index contributed by atoms with van der Waals surface area (Å²) in [7, 11) is -3.82. The van der Waals surface area contributed by atoms with E-state index in [-0.39, 0.29) is 29.4 Å². The van der Waals surface area contributed by atoms with Gasteiger partial charge in [0.15, 0.2) is 0 Å². The molecule has 1 aliphatic carbocycles. The number of carbonyl (C=O) groups is 1. The van der Waals surface area contributed by atoms with Gasteiger partial charge in [-0.1, -0.05) is 17.7 Å². The zero-order valence-electron chi connectivity index (χ0n) is 19.0. The van der Waals surface area contributed by atoms with Crippen molar-refractivity contribution in [2.24, 2.45) is 0 Å². The predicted octanol–water partition coefficient (Wildman–Crippen LogP) is 4.62. The third kappa shape index (κ3) is 5.87. The molecular formula is C24H27ClF2N2O4S. The summed E-state index contributed by atoms with van der Waals surface area (Å²) in [5, 5.41) is 0.372. The van der Waals surface area contributed by atoms with Gasteiger partial charge in [0, 0.05) is 23.7 Å². The molecule has 184 valence electrons. The number of carbonyl (C=O) groups excluding carboxylic acids is 1. The molecule has 2 atom stereocenters. The topological polar surface area (TPSA) is 75.7 Å². The Hall–Kier alpha value is -2.23. The van der Waals surface area contributed by atoms with E-state index in [4.69, 9.17) is 16.3 Å². The molecule has 0 radical (unpaired) electrons. The van der Waals surface area contributed by atoms with Gasteiger partial charge in [0.2, 0.25) is 10.0 Å². The van der Waals surface area contributed by atoms with Gasteiger partial charge < -0.3 is 4.74 Å². The molecule has 0 aromatic heterocycles. The molecule has 0 spiro atoms. The van der Waals surface area contributed by atoms with Gasteiger partial charge in [0.1, 0.15) is 23.5 Å². The van der Waals surface area contributed by atoms with Crippen molar-refractivity contribution in [1.82, 2.24) is 9.62 Å². The summed E-state index contributed by atoms with van der Waals surface area (Å²) in [5.41, 5.74) is 1.22. The van der Waals surface area contributed by atoms with E-state index in [0.717, 1.165) is 44.0 Å². The van der Waals surface area contributed by atoms with Gasteiger partial charge in [-0.2, -0.15) is 0 Å². The number of rotatable bonds is 7. The van der Waals surface area contributed by atoms with Crippen LogP contribution in [0, 0.1) is 11.6 Å². The van der Waals surface area contributed by atoms with Crippen LogP contribution >= 0.6 is 11.6 Å². The number of nitrogens with one attached hydrogen (secondary N) is 1. The Labute approximate surface area is 203 Å². The van der Waals surface area contributed by atoms with E-state index in [1.807, 2.05) is 11.6 Å². The Morgan fingerprint density at radius 1 is 1.21 bits per heavy atom. The van der Waals surface area contributed by atoms with Crippen LogP contribution in [0.3, 0.4) is 0 Å². The van der Waals surface area contributed by atoms with E-state index in [1.54, 1.807) is 6.07 Å². The second kappa shape index (κ2) is 9.79. The largest absolute Gasteiger partial charge is 0.488 e. The zero-order valence-corrected chi connectivity index (χ0v) is 20.6. The van der Waals surface area contributed by atoms with Crippen LogP contribution in [-0.4, -0.2) is 44.2 Å². The number of amides is 1. The van der Waals surface area contributed by atoms with Crippen molar-refractivity contribution >= 4 is 27.5 Å². The first kappa shape index (κ1) is 24.9. The Balaban J connectivity index is 1.54. The van der Waals surface area contributed by atoms with Crippen molar-refractivity contribution in [2.45, 2.75) is 57.2 Å². The summed E-state index contributed by atoms with van der Waals surface area (Å²) in [6.45, 7) is 3.39. The highest BCUT2D eigenvalue weighted by Gasteiger charge is 2.34. The smallest absolute Gasteiger partial charge is 0.267 e. The van der Waals surface area contributed by atoms with Gasteiger partial charge in [0.05, 0.1) is 11.8 Å². The summed E-state index contributed by atoms with van der Waals surface area (Å²) < 4.78 is 59.2. The number of hydrogen-bond donors (Lipinski definition) is 1. The predicted molar refractivity (Wildman–Crippen MR) is 126 cm³/mol. The second-order valence-electron chi connectivity index (χ2n) is 9.09. The molecule has 2 fully saturated rings. The van der Waals surface area contributed by atoms with Crippen LogP contribution in [0.2, 0.25) is 5.02 Å². The summed E-state index contributed by atoms with van der Waals surface area (Å²) in [5.74, 6) is -1.69. The standard InChI is InChI=1S/C24H27ClF2N2O4S/c1-14-22(4-3-9-29(14)13-16-7-8-17(26)10-20(16)25)33-23-12-21(27)19(11-18(23)15-5-6-15)24(30)28-34(2,31)32/h7-8,10-12,14-15,22H,3-6,9,13H2,1-2H3,(H,28,30)/t14?,22-/m1/s1. The number of nitrogens with zero attached hydrogens (tertiary/aromatic N) is 1. The SMILES string of the molecule is CC1[C@H](Oc2cc(F)c(C(=O)NS(C)(=O)=O)cc2C2CC2)CCCN1Cc1ccc(F)cc1Cl. The highest BCUT2D eigenvalue weighted by atomic mass is 35.5. The van der Waals surface area contributed by atoms with Crippen LogP contribution in [0.5, 0.6) is 5.75 Å². The van der Waals surface area contributed by atoms with E-state index in [0.29, 0.717) is 22.9 Å². The number of benzene rings is 2. The molecule has 1 saturated heterocycles. The van der Waals surface area contributed by atoms with Crippen molar-refractivity contribution in [3.05, 3.63) is 63.7 Å². The second-order valence-corrected chi connectivity index (χ2v) is 11.2. The summed E-state index contributed by atoms with van der Waals surface area (Å²) in [6, 6.07) is 6.94. The lowest BCUT2D eigenvalue weighted by Gasteiger charge is -2.39. The molecule has 1 heterocycles. The molecule has 2 aromatic carbocycles. The van der Waals surface area contributed by atoms with Gasteiger partial charge in [-0.25, -0.2) is 21.9 Å². The Morgan fingerprint density at radius 2 is 1.94 bits per heavy atom. The molecule has 34 heavy (non-hydrogen) atoms. The van der Waals surface area contributed by atoms with Crippen LogP contribution in [0.25, 0.3) is 0 Å². The molecule has 4 rings (SSSR count). The number of sulfonamides is 1. The van der Waals surface area contributed by atoms with Crippen LogP contribution in [-0.2, 0) is 16.6 Å². The highest BCUT2D eigenvalue weighted by molar-refractivity contribution is 7.89. The van der Waals surface area contributed by atoms with Crippen LogP contribution in [0.1, 0.15) is 60.0 Å². The Morgan fingerprint density at radius 3 is 2.59 bits per heavy atom. The lowest BCUT2D eigenvalue weighted by molar-refractivity contribution is 0.0307. The number of halogens is 3. The third-order valence-electron chi connectivity index (χ3n) is 6.35. The molecule has 0 bridgehead atoms. The third-order valence-corrected chi connectivity index (χ3v) is 7.26. The van der Waals surface area contributed by atoms with Gasteiger partial charge in [-0.15, -0.1) is 0 Å². The number of hydrogen-bond acceptors (Lipinski definition) is 5. The van der Waals surface area contributed by atoms with Crippen molar-refractivity contribution in [1.29, 1.82) is 0 Å². The quantitative estimate of drug-likeness (QED) is 0.586. The zero-order chi connectivity index (χ0) is 24.6. The number of likely N-dealkylation sites (tertiary alicyclic amines) is 1. The molecule has 1 aliphatic heterocycles. The molecular weight excluding hydrogens is 486 g/mol. The molecule has 1 saturated carbocycles. The van der Waals surface area contributed by atoms with Crippen molar-refractivity contribution in [3.8, 4) is 5.75 Å². The molecule has 2 aliphatic rings. The average Bonchev–Trinajstić information content (AvgIpc) is 3.57. The maximum atomic E-state index is 14.8. The lowest BCUT2D eigenvalue weighted by Crippen LogP contribution is -2.48. The number of ether oxygens (including phenoxy) is 1. The van der Waals surface area contributed by atoms with Crippen molar-refractivity contribution in [3.63, 3.8) is 0 Å². The van der Waals surface area contributed by atoms with E-state index in [1.165, 1.54) is 24.3 Å². The average molecular weight is 513 g/mol. The summed E-state index contributed by atoms with van der Waals surface area (Å²) >= 11 is 6.21. The van der Waals surface area contributed by atoms with E-state index >= 15 is 0 Å². The first-order valence-electron chi connectivity index (χ1n) is 11.2. The molecule has 1 amide bonds. The van der Waals surface area contributed by atoms with Gasteiger partial charge in [-0.3, -0.25) is 9.69 Å². The lowest BCUT2D eigenvalue weighted by atomic mass is 9.98. The fraction of sp³-hybridized carbons (Fsp3) is 0.458. The van der Waals surface area contributed by atoms with Gasteiger partial charge in [-0.05, 0) is 74.4 Å². The van der Waals surface area contributed by atoms with Gasteiger partial charge >= 0.3 is 0 Å². The van der Waals surface area contributed by atoms with Crippen molar-refractivity contribution in [2.75, 3.05) is 12.8 Å². The van der Waals surface area contributed by atoms with Crippen molar-refractivity contribution < 1.29 is 26.7 Å². The van der Waals surface area contributed by atoms with Crippen LogP contribution in [0.15, 0.2) is 30.3 Å². The van der Waals surface area contributed by atoms with Crippen LogP contribution in [0.4, 0.5) is 8.78 Å². The normalized spacial score (nSPS) is 21.3. The first-order valence-corrected chi connectivity index (χ1v) is 13.5. The van der Waals surface area contributed by atoms with Crippen LogP contribution < -0.4 is 9.46 Å². The first-order chi connectivity index (χ1) is 16.0. The minimum absolute atomic E-state index is 0.0156. The van der Waals surface area contributed by atoms with E-state index in [9.17, 15) is 22.0 Å². The molecule has 10 heteroatoms. The monoisotopic (exact) mass is 512 g/mol. The maximum absolute atomic E-state index is 14.8. The van der Waals surface area contributed by atoms with E-state index < -0.39 is 21.7 Å². The highest BCUT2D eigenvalue weighted by Crippen LogP contribution is 2.46. The minimum Gasteiger partial charge on any atom is -0.488 e. The molecule has 6 nitrogen and oxygen atoms in total. The maximum Gasteiger partial charge on any atom is 0.267 e. The Bertz CT molecular complexity index is 1200. The molecule has 1 N–H and O–H groups in total. The summed E-state index contributed by atoms with van der Waals surface area (Å²) in [6.07, 6.45) is 4.05. The number of piperidine rings is 1. The fourth-order valence-electron chi connectivity index (χ4n) is 4.37. The minimum atomic E-state index is -3.82. The summed E-state index contributed by atoms with van der Waals surface area (Å²) in [4.78, 5) is 14.5. The van der Waals surface area contributed by atoms with Gasteiger partial charge in [0.25, 0.3) is 5.91 Å².